The first-order valence-electron chi connectivity index (χ1n) is 13.6. The molecule has 0 bridgehead atoms. The van der Waals surface area contributed by atoms with E-state index >= 15 is 0 Å². The highest BCUT2D eigenvalue weighted by Crippen LogP contribution is 2.35. The van der Waals surface area contributed by atoms with Gasteiger partial charge in [0.15, 0.2) is 11.2 Å². The van der Waals surface area contributed by atoms with Gasteiger partial charge in [0.2, 0.25) is 11.8 Å². The van der Waals surface area contributed by atoms with Gasteiger partial charge < -0.3 is 28.2 Å². The Hall–Kier alpha value is -4.82. The number of carbonyl (C=O) groups is 2. The summed E-state index contributed by atoms with van der Waals surface area (Å²) in [6, 6.07) is 16.6. The van der Waals surface area contributed by atoms with Crippen molar-refractivity contribution in [3.8, 4) is 34.4 Å². The van der Waals surface area contributed by atoms with Crippen LogP contribution in [0.5, 0.6) is 11.5 Å². The van der Waals surface area contributed by atoms with E-state index in [0.29, 0.717) is 28.4 Å². The molecule has 2 aromatic heterocycles. The summed E-state index contributed by atoms with van der Waals surface area (Å²) in [5.41, 5.74) is 4.81. The van der Waals surface area contributed by atoms with Crippen LogP contribution in [0.25, 0.3) is 45.1 Å². The second kappa shape index (κ2) is 13.9. The van der Waals surface area contributed by atoms with Crippen molar-refractivity contribution in [3.05, 3.63) is 91.9 Å². The van der Waals surface area contributed by atoms with Crippen molar-refractivity contribution in [2.75, 3.05) is 14.2 Å². The highest BCUT2D eigenvalue weighted by atomic mass is 79.9. The molecule has 0 fully saturated rings. The van der Waals surface area contributed by atoms with Gasteiger partial charge in [0.25, 0.3) is 0 Å². The molecule has 0 aliphatic heterocycles. The Kier molecular flexibility index (Phi) is 9.91. The third-order valence-corrected chi connectivity index (χ3v) is 8.74. The molecular weight excluding hydrogens is 750 g/mol. The van der Waals surface area contributed by atoms with E-state index < -0.39 is 18.6 Å². The van der Waals surface area contributed by atoms with E-state index in [2.05, 4.69) is 56.0 Å². The monoisotopic (exact) mass is 772 g/mol. The van der Waals surface area contributed by atoms with Gasteiger partial charge in [0, 0.05) is 32.2 Å². The summed E-state index contributed by atoms with van der Waals surface area (Å²) in [5, 5.41) is 9.89. The number of ether oxygens (including phenoxy) is 3. The number of oxazole rings is 2. The van der Waals surface area contributed by atoms with E-state index in [-0.39, 0.29) is 28.2 Å². The van der Waals surface area contributed by atoms with E-state index in [1.165, 1.54) is 31.4 Å². The van der Waals surface area contributed by atoms with Gasteiger partial charge in [-0.05, 0) is 61.4 Å². The zero-order chi connectivity index (χ0) is 34.0. The van der Waals surface area contributed by atoms with Gasteiger partial charge in [0.05, 0.1) is 14.2 Å². The Bertz CT molecular complexity index is 2150. The van der Waals surface area contributed by atoms with Crippen molar-refractivity contribution in [1.29, 1.82) is 0 Å². The van der Waals surface area contributed by atoms with Crippen molar-refractivity contribution in [2.45, 2.75) is 20.5 Å². The molecule has 4 aromatic carbocycles. The normalized spacial score (nSPS) is 11.0. The molecule has 10 nitrogen and oxygen atoms in total. The lowest BCUT2D eigenvalue weighted by atomic mass is 10.1. The van der Waals surface area contributed by atoms with Gasteiger partial charge in [-0.2, -0.15) is 8.78 Å². The molecule has 6 rings (SSSR count). The van der Waals surface area contributed by atoms with E-state index in [0.717, 1.165) is 38.3 Å². The van der Waals surface area contributed by atoms with Gasteiger partial charge in [-0.1, -0.05) is 44.0 Å². The predicted octanol–water partition coefficient (Wildman–Crippen LogP) is 9.01. The highest BCUT2D eigenvalue weighted by molar-refractivity contribution is 9.10. The molecule has 242 valence electrons. The lowest BCUT2D eigenvalue weighted by Crippen LogP contribution is -2.09. The number of benzene rings is 4. The number of alkyl halides is 2. The smallest absolute Gasteiger partial charge is 0.387 e. The average molecular weight is 774 g/mol. The topological polar surface area (TPSA) is 134 Å². The molecule has 0 saturated carbocycles. The van der Waals surface area contributed by atoms with Crippen LogP contribution in [0.15, 0.2) is 78.4 Å². The van der Waals surface area contributed by atoms with Gasteiger partial charge in [-0.25, -0.2) is 19.6 Å². The van der Waals surface area contributed by atoms with Crippen molar-refractivity contribution in [1.82, 2.24) is 9.97 Å². The van der Waals surface area contributed by atoms with Crippen LogP contribution >= 0.6 is 31.9 Å². The van der Waals surface area contributed by atoms with Crippen LogP contribution in [0, 0.1) is 13.8 Å². The van der Waals surface area contributed by atoms with Crippen molar-refractivity contribution in [2.24, 2.45) is 0 Å². The number of aromatic hydroxyl groups is 1. The fourth-order valence-corrected chi connectivity index (χ4v) is 5.30. The van der Waals surface area contributed by atoms with Crippen LogP contribution in [0.3, 0.4) is 0 Å². The Balaban J connectivity index is 0.000000186. The number of phenolic OH excluding ortho intramolecular Hbond substituents is 1. The molecule has 0 aliphatic rings. The van der Waals surface area contributed by atoms with Gasteiger partial charge in [-0.15, -0.1) is 0 Å². The first-order valence-corrected chi connectivity index (χ1v) is 15.2. The fourth-order valence-electron chi connectivity index (χ4n) is 4.56. The summed E-state index contributed by atoms with van der Waals surface area (Å²) in [4.78, 5) is 32.2. The lowest BCUT2D eigenvalue weighted by molar-refractivity contribution is -0.0503. The third-order valence-electron chi connectivity index (χ3n) is 7.02. The maximum Gasteiger partial charge on any atom is 0.387 e. The minimum Gasteiger partial charge on any atom is -0.507 e. The summed E-state index contributed by atoms with van der Waals surface area (Å²) < 4.78 is 52.1. The largest absolute Gasteiger partial charge is 0.507 e. The fraction of sp³-hybridized carbons (Fsp3) is 0.152. The molecule has 0 aliphatic carbocycles. The number of rotatable bonds is 6. The SMILES string of the molecule is COC(=O)c1cc2nc(-c3cccc(Br)c3C)oc2cc1O.COC(=O)c1cc2nc(-c3cccc(Br)c3C)oc2cc1OC(F)F. The first-order chi connectivity index (χ1) is 22.4. The molecule has 0 amide bonds. The predicted molar refractivity (Wildman–Crippen MR) is 175 cm³/mol. The van der Waals surface area contributed by atoms with Gasteiger partial charge in [0.1, 0.15) is 33.7 Å². The molecule has 0 spiro atoms. The van der Waals surface area contributed by atoms with E-state index in [9.17, 15) is 23.5 Å². The Morgan fingerprint density at radius 1 is 0.766 bits per heavy atom. The third kappa shape index (κ3) is 6.98. The summed E-state index contributed by atoms with van der Waals surface area (Å²) >= 11 is 6.90. The maximum absolute atomic E-state index is 12.6. The number of methoxy groups -OCH3 is 2. The molecule has 0 atom stereocenters. The minimum absolute atomic E-state index is 0.0563. The van der Waals surface area contributed by atoms with Crippen LogP contribution in [-0.2, 0) is 9.47 Å². The van der Waals surface area contributed by atoms with Crippen molar-refractivity contribution in [3.63, 3.8) is 0 Å². The first kappa shape index (κ1) is 33.5. The van der Waals surface area contributed by atoms with E-state index in [1.54, 1.807) is 0 Å². The van der Waals surface area contributed by atoms with Crippen LogP contribution in [0.4, 0.5) is 8.78 Å². The molecule has 0 unspecified atom stereocenters. The summed E-state index contributed by atoms with van der Waals surface area (Å²) in [7, 11) is 2.41. The second-order valence-corrected chi connectivity index (χ2v) is 11.6. The number of hydrogen-bond acceptors (Lipinski definition) is 10. The molecule has 0 saturated heterocycles. The summed E-state index contributed by atoms with van der Waals surface area (Å²) in [6.07, 6.45) is 0. The van der Waals surface area contributed by atoms with Crippen LogP contribution in [-0.4, -0.2) is 47.8 Å². The number of fused-ring (bicyclic) bond motifs is 2. The van der Waals surface area contributed by atoms with Crippen LogP contribution in [0.1, 0.15) is 31.8 Å². The highest BCUT2D eigenvalue weighted by Gasteiger charge is 2.22. The average Bonchev–Trinajstić information content (AvgIpc) is 3.65. The number of halogens is 4. The quantitative estimate of drug-likeness (QED) is 0.164. The molecule has 14 heteroatoms. The number of nitrogens with zero attached hydrogens (tertiary/aromatic N) is 2. The van der Waals surface area contributed by atoms with Crippen molar-refractivity contribution >= 4 is 66.0 Å². The van der Waals surface area contributed by atoms with Crippen LogP contribution < -0.4 is 4.74 Å². The molecule has 0 radical (unpaired) electrons. The number of hydrogen-bond donors (Lipinski definition) is 1. The Morgan fingerprint density at radius 2 is 1.23 bits per heavy atom. The van der Waals surface area contributed by atoms with Crippen molar-refractivity contribution < 1.29 is 46.5 Å². The number of phenols is 1. The molecule has 1 N–H and O–H groups in total. The minimum atomic E-state index is -3.09. The summed E-state index contributed by atoms with van der Waals surface area (Å²) in [6.45, 7) is 0.751. The van der Waals surface area contributed by atoms with Gasteiger partial charge in [-0.3, -0.25) is 0 Å². The molecule has 47 heavy (non-hydrogen) atoms. The summed E-state index contributed by atoms with van der Waals surface area (Å²) in [5.74, 6) is -1.23. The zero-order valence-corrected chi connectivity index (χ0v) is 28.2. The van der Waals surface area contributed by atoms with Gasteiger partial charge >= 0.3 is 18.6 Å². The Morgan fingerprint density at radius 3 is 1.72 bits per heavy atom. The molecular formula is C33H24Br2F2N2O8. The lowest BCUT2D eigenvalue weighted by Gasteiger charge is -2.08. The second-order valence-electron chi connectivity index (χ2n) is 9.88. The number of aromatic nitrogens is 2. The molecule has 6 aromatic rings. The van der Waals surface area contributed by atoms with E-state index in [1.807, 2.05) is 50.2 Å². The van der Waals surface area contributed by atoms with Crippen LogP contribution in [0.2, 0.25) is 0 Å². The zero-order valence-electron chi connectivity index (χ0n) is 25.1. The Labute approximate surface area is 282 Å². The number of carbonyl (C=O) groups excluding carboxylic acids is 2. The number of esters is 2. The standard InChI is InChI=1S/C17H12BrF2NO4.C16H12BrNO4/c1-8-9(4-3-5-11(8)18)15-21-12-6-10(16(22)23-2)13(25-17(19)20)7-14(12)24-15;1-8-9(4-3-5-11(8)17)15-18-12-6-10(16(20)21-2)13(19)7-14(12)22-15/h3-7,17H,1-2H3;3-7,19H,1-2H3. The maximum atomic E-state index is 12.6. The molecule has 2 heterocycles. The van der Waals surface area contributed by atoms with E-state index in [4.69, 9.17) is 8.83 Å².